The highest BCUT2D eigenvalue weighted by Gasteiger charge is 2.30. The summed E-state index contributed by atoms with van der Waals surface area (Å²) in [7, 11) is 0. The molecule has 0 unspecified atom stereocenters. The summed E-state index contributed by atoms with van der Waals surface area (Å²) < 4.78 is 6.82. The van der Waals surface area contributed by atoms with E-state index in [0.717, 1.165) is 46.5 Å². The summed E-state index contributed by atoms with van der Waals surface area (Å²) in [5.74, 6) is 0.374. The van der Waals surface area contributed by atoms with E-state index in [4.69, 9.17) is 4.74 Å². The number of rotatable bonds is 10. The van der Waals surface area contributed by atoms with Crippen LogP contribution in [0.15, 0.2) is 71.2 Å². The van der Waals surface area contributed by atoms with Gasteiger partial charge in [-0.1, -0.05) is 86.8 Å². The average molecular weight is 552 g/mol. The molecule has 3 aromatic rings. The van der Waals surface area contributed by atoms with Crippen LogP contribution in [-0.4, -0.2) is 41.9 Å². The van der Waals surface area contributed by atoms with Gasteiger partial charge in [0.25, 0.3) is 5.91 Å². The molecule has 1 saturated carbocycles. The SMILES string of the molecule is CC[C@@H](C(=O)NC1CCCCC1)N(CCc1ccccc1)C(=O)COc1ccc2ccccc2c1Br. The van der Waals surface area contributed by atoms with Crippen LogP contribution in [-0.2, 0) is 16.0 Å². The van der Waals surface area contributed by atoms with Gasteiger partial charge >= 0.3 is 0 Å². The summed E-state index contributed by atoms with van der Waals surface area (Å²) in [4.78, 5) is 28.5. The van der Waals surface area contributed by atoms with Crippen LogP contribution in [0.25, 0.3) is 10.8 Å². The van der Waals surface area contributed by atoms with Gasteiger partial charge in [-0.05, 0) is 64.0 Å². The molecule has 3 aromatic carbocycles. The fraction of sp³-hybridized carbons (Fsp3) is 0.400. The quantitative estimate of drug-likeness (QED) is 0.323. The highest BCUT2D eigenvalue weighted by atomic mass is 79.9. The van der Waals surface area contributed by atoms with Gasteiger partial charge in [0.15, 0.2) is 6.61 Å². The van der Waals surface area contributed by atoms with Gasteiger partial charge in [0.05, 0.1) is 4.47 Å². The number of nitrogens with zero attached hydrogens (tertiary/aromatic N) is 1. The van der Waals surface area contributed by atoms with Crippen LogP contribution in [0.2, 0.25) is 0 Å². The Morgan fingerprint density at radius 3 is 2.47 bits per heavy atom. The summed E-state index contributed by atoms with van der Waals surface area (Å²) in [6, 6.07) is 21.6. The third-order valence-electron chi connectivity index (χ3n) is 7.00. The summed E-state index contributed by atoms with van der Waals surface area (Å²) in [5.41, 5.74) is 1.14. The van der Waals surface area contributed by atoms with Gasteiger partial charge in [-0.2, -0.15) is 0 Å². The third kappa shape index (κ3) is 6.67. The number of carbonyl (C=O) groups excluding carboxylic acids is 2. The molecule has 36 heavy (non-hydrogen) atoms. The number of benzene rings is 3. The van der Waals surface area contributed by atoms with Gasteiger partial charge in [-0.15, -0.1) is 0 Å². The zero-order valence-electron chi connectivity index (χ0n) is 20.9. The number of fused-ring (bicyclic) bond motifs is 1. The highest BCUT2D eigenvalue weighted by molar-refractivity contribution is 9.10. The van der Waals surface area contributed by atoms with Crippen molar-refractivity contribution in [3.8, 4) is 5.75 Å². The summed E-state index contributed by atoms with van der Waals surface area (Å²) in [6.45, 7) is 2.30. The van der Waals surface area contributed by atoms with E-state index < -0.39 is 6.04 Å². The Labute approximate surface area is 222 Å². The van der Waals surface area contributed by atoms with Gasteiger partial charge in [-0.25, -0.2) is 0 Å². The molecule has 1 fully saturated rings. The lowest BCUT2D eigenvalue weighted by Crippen LogP contribution is -2.53. The predicted molar refractivity (Wildman–Crippen MR) is 148 cm³/mol. The Bertz CT molecular complexity index is 1160. The van der Waals surface area contributed by atoms with E-state index >= 15 is 0 Å². The molecule has 4 rings (SSSR count). The molecule has 0 saturated heterocycles. The number of amides is 2. The number of ether oxygens (including phenoxy) is 1. The van der Waals surface area contributed by atoms with Crippen LogP contribution in [0.1, 0.15) is 51.0 Å². The van der Waals surface area contributed by atoms with Gasteiger partial charge < -0.3 is 15.0 Å². The molecule has 1 aliphatic rings. The number of carbonyl (C=O) groups is 2. The molecule has 6 heteroatoms. The lowest BCUT2D eigenvalue weighted by molar-refractivity contribution is -0.142. The van der Waals surface area contributed by atoms with Crippen molar-refractivity contribution in [1.82, 2.24) is 10.2 Å². The topological polar surface area (TPSA) is 58.6 Å². The molecule has 190 valence electrons. The minimum absolute atomic E-state index is 0.0577. The van der Waals surface area contributed by atoms with Gasteiger partial charge in [0.2, 0.25) is 5.91 Å². The van der Waals surface area contributed by atoms with E-state index in [1.165, 1.54) is 6.42 Å². The standard InChI is InChI=1S/C30H35BrN2O3/c1-2-26(30(35)32-24-14-7-4-8-15-24)33(20-19-22-11-5-3-6-12-22)28(34)21-36-27-18-17-23-13-9-10-16-25(23)29(27)31/h3,5-6,9-13,16-18,24,26H,2,4,7-8,14-15,19-21H2,1H3,(H,32,35)/t26-/m0/s1. The normalized spacial score (nSPS) is 14.8. The Kier molecular flexibility index (Phi) is 9.40. The minimum Gasteiger partial charge on any atom is -0.483 e. The zero-order valence-corrected chi connectivity index (χ0v) is 22.5. The first kappa shape index (κ1) is 26.2. The smallest absolute Gasteiger partial charge is 0.261 e. The first-order valence-corrected chi connectivity index (χ1v) is 13.8. The molecule has 1 atom stereocenters. The van der Waals surface area contributed by atoms with Crippen molar-refractivity contribution >= 4 is 38.5 Å². The fourth-order valence-corrected chi connectivity index (χ4v) is 5.60. The number of nitrogens with one attached hydrogen (secondary N) is 1. The van der Waals surface area contributed by atoms with Crippen LogP contribution < -0.4 is 10.1 Å². The van der Waals surface area contributed by atoms with Crippen molar-refractivity contribution in [1.29, 1.82) is 0 Å². The van der Waals surface area contributed by atoms with Gasteiger partial charge in [0.1, 0.15) is 11.8 Å². The third-order valence-corrected chi connectivity index (χ3v) is 7.82. The lowest BCUT2D eigenvalue weighted by Gasteiger charge is -2.32. The van der Waals surface area contributed by atoms with Crippen molar-refractivity contribution in [2.24, 2.45) is 0 Å². The van der Waals surface area contributed by atoms with Crippen LogP contribution in [0.4, 0.5) is 0 Å². The zero-order chi connectivity index (χ0) is 25.3. The number of hydrogen-bond acceptors (Lipinski definition) is 3. The first-order chi connectivity index (χ1) is 17.6. The van der Waals surface area contributed by atoms with Crippen LogP contribution in [0, 0.1) is 0 Å². The Morgan fingerprint density at radius 1 is 1.00 bits per heavy atom. The van der Waals surface area contributed by atoms with Crippen molar-refractivity contribution in [2.45, 2.75) is 64.0 Å². The molecule has 0 aromatic heterocycles. The summed E-state index contributed by atoms with van der Waals surface area (Å²) in [6.07, 6.45) is 6.78. The van der Waals surface area contributed by atoms with Crippen molar-refractivity contribution in [2.75, 3.05) is 13.2 Å². The maximum Gasteiger partial charge on any atom is 0.261 e. The second kappa shape index (κ2) is 12.9. The molecule has 0 heterocycles. The Hall–Kier alpha value is -2.86. The van der Waals surface area contributed by atoms with Gasteiger partial charge in [0, 0.05) is 12.6 Å². The average Bonchev–Trinajstić information content (AvgIpc) is 2.91. The molecule has 0 bridgehead atoms. The molecule has 5 nitrogen and oxygen atoms in total. The highest BCUT2D eigenvalue weighted by Crippen LogP contribution is 2.33. The molecule has 1 N–H and O–H groups in total. The Morgan fingerprint density at radius 2 is 1.72 bits per heavy atom. The molecule has 2 amide bonds. The second-order valence-corrected chi connectivity index (χ2v) is 10.3. The fourth-order valence-electron chi connectivity index (χ4n) is 4.99. The number of halogens is 1. The van der Waals surface area contributed by atoms with Crippen molar-refractivity contribution in [3.05, 3.63) is 76.8 Å². The van der Waals surface area contributed by atoms with Crippen LogP contribution in [0.5, 0.6) is 5.75 Å². The van der Waals surface area contributed by atoms with E-state index in [1.807, 2.05) is 73.7 Å². The number of hydrogen-bond donors (Lipinski definition) is 1. The molecule has 1 aliphatic carbocycles. The van der Waals surface area contributed by atoms with Crippen LogP contribution >= 0.6 is 15.9 Å². The summed E-state index contributed by atoms with van der Waals surface area (Å²) in [5, 5.41) is 5.35. The van der Waals surface area contributed by atoms with Gasteiger partial charge in [-0.3, -0.25) is 9.59 Å². The van der Waals surface area contributed by atoms with E-state index in [2.05, 4.69) is 21.2 Å². The molecule has 0 radical (unpaired) electrons. The van der Waals surface area contributed by atoms with E-state index in [9.17, 15) is 9.59 Å². The molecule has 0 spiro atoms. The van der Waals surface area contributed by atoms with E-state index in [1.54, 1.807) is 4.90 Å². The monoisotopic (exact) mass is 550 g/mol. The minimum atomic E-state index is -0.521. The summed E-state index contributed by atoms with van der Waals surface area (Å²) >= 11 is 3.64. The van der Waals surface area contributed by atoms with E-state index in [0.29, 0.717) is 25.1 Å². The largest absolute Gasteiger partial charge is 0.483 e. The maximum atomic E-state index is 13.5. The lowest BCUT2D eigenvalue weighted by atomic mass is 9.95. The predicted octanol–water partition coefficient (Wildman–Crippen LogP) is 6.28. The molecular weight excluding hydrogens is 516 g/mol. The molecular formula is C30H35BrN2O3. The second-order valence-electron chi connectivity index (χ2n) is 9.48. The van der Waals surface area contributed by atoms with Crippen molar-refractivity contribution < 1.29 is 14.3 Å². The molecule has 0 aliphatic heterocycles. The maximum absolute atomic E-state index is 13.5. The van der Waals surface area contributed by atoms with E-state index in [-0.39, 0.29) is 24.5 Å². The first-order valence-electron chi connectivity index (χ1n) is 13.0. The van der Waals surface area contributed by atoms with Crippen molar-refractivity contribution in [3.63, 3.8) is 0 Å². The Balaban J connectivity index is 1.48. The van der Waals surface area contributed by atoms with Crippen LogP contribution in [0.3, 0.4) is 0 Å².